The molecule has 0 spiro atoms. The standard InChI is InChI=1S/C25H28ClFN6/c1-25(2,3)15-29-24-28-10-8-20(30-24)23-22(18-7-6-17(27)13-19(18)26)31-21-12-16(14-32(4)5)9-11-33(21)23/h6-13H,14-15H2,1-5H3,(H,28,29,30). The van der Waals surface area contributed by atoms with Gasteiger partial charge in [0.1, 0.15) is 17.2 Å². The van der Waals surface area contributed by atoms with Crippen molar-refractivity contribution in [1.29, 1.82) is 0 Å². The minimum absolute atomic E-state index is 0.0817. The molecule has 0 radical (unpaired) electrons. The molecule has 1 N–H and O–H groups in total. The maximum Gasteiger partial charge on any atom is 0.223 e. The van der Waals surface area contributed by atoms with Crippen molar-refractivity contribution < 1.29 is 4.39 Å². The molecule has 3 heterocycles. The summed E-state index contributed by atoms with van der Waals surface area (Å²) in [5.41, 5.74) is 4.74. The van der Waals surface area contributed by atoms with Gasteiger partial charge in [-0.15, -0.1) is 0 Å². The fourth-order valence-electron chi connectivity index (χ4n) is 3.58. The minimum atomic E-state index is -0.391. The summed E-state index contributed by atoms with van der Waals surface area (Å²) in [6, 6.07) is 10.3. The van der Waals surface area contributed by atoms with Crippen LogP contribution in [0.1, 0.15) is 26.3 Å². The topological polar surface area (TPSA) is 58.4 Å². The largest absolute Gasteiger partial charge is 0.354 e. The summed E-state index contributed by atoms with van der Waals surface area (Å²) in [6.07, 6.45) is 3.71. The van der Waals surface area contributed by atoms with E-state index in [0.717, 1.165) is 30.0 Å². The lowest BCUT2D eigenvalue weighted by Gasteiger charge is -2.18. The van der Waals surface area contributed by atoms with Crippen molar-refractivity contribution in [3.63, 3.8) is 0 Å². The van der Waals surface area contributed by atoms with Gasteiger partial charge in [-0.2, -0.15) is 0 Å². The Morgan fingerprint density at radius 3 is 2.58 bits per heavy atom. The monoisotopic (exact) mass is 466 g/mol. The average molecular weight is 467 g/mol. The van der Waals surface area contributed by atoms with Crippen molar-refractivity contribution >= 4 is 23.2 Å². The molecule has 4 aromatic rings. The van der Waals surface area contributed by atoms with Crippen LogP contribution in [0.2, 0.25) is 5.02 Å². The van der Waals surface area contributed by atoms with Gasteiger partial charge in [0, 0.05) is 31.0 Å². The molecule has 0 aliphatic heterocycles. The summed E-state index contributed by atoms with van der Waals surface area (Å²) in [5, 5.41) is 3.61. The maximum atomic E-state index is 13.8. The zero-order valence-corrected chi connectivity index (χ0v) is 20.3. The van der Waals surface area contributed by atoms with E-state index in [1.54, 1.807) is 12.3 Å². The first-order valence-corrected chi connectivity index (χ1v) is 11.2. The molecule has 0 amide bonds. The highest BCUT2D eigenvalue weighted by atomic mass is 35.5. The second-order valence-electron chi connectivity index (χ2n) is 9.61. The van der Waals surface area contributed by atoms with Crippen LogP contribution in [0.3, 0.4) is 0 Å². The van der Waals surface area contributed by atoms with Crippen LogP contribution < -0.4 is 5.32 Å². The quantitative estimate of drug-likeness (QED) is 0.391. The molecule has 33 heavy (non-hydrogen) atoms. The molecule has 8 heteroatoms. The highest BCUT2D eigenvalue weighted by Crippen LogP contribution is 2.36. The van der Waals surface area contributed by atoms with Crippen molar-refractivity contribution in [2.45, 2.75) is 27.3 Å². The van der Waals surface area contributed by atoms with E-state index in [9.17, 15) is 4.39 Å². The fourth-order valence-corrected chi connectivity index (χ4v) is 3.84. The van der Waals surface area contributed by atoms with Crippen LogP contribution in [0.4, 0.5) is 10.3 Å². The minimum Gasteiger partial charge on any atom is -0.354 e. The summed E-state index contributed by atoms with van der Waals surface area (Å²) < 4.78 is 15.7. The lowest BCUT2D eigenvalue weighted by atomic mass is 9.97. The van der Waals surface area contributed by atoms with Gasteiger partial charge in [0.25, 0.3) is 0 Å². The summed E-state index contributed by atoms with van der Waals surface area (Å²) in [7, 11) is 4.05. The number of imidazole rings is 1. The molecule has 0 aliphatic carbocycles. The lowest BCUT2D eigenvalue weighted by Crippen LogP contribution is -2.20. The number of nitrogens with zero attached hydrogens (tertiary/aromatic N) is 5. The molecule has 172 valence electrons. The SMILES string of the molecule is CN(C)Cc1ccn2c(-c3ccnc(NCC(C)(C)C)n3)c(-c3ccc(F)cc3Cl)nc2c1. The number of rotatable bonds is 6. The molecular weight excluding hydrogens is 439 g/mol. The van der Waals surface area contributed by atoms with Crippen LogP contribution in [0, 0.1) is 11.2 Å². The van der Waals surface area contributed by atoms with E-state index in [1.807, 2.05) is 36.8 Å². The van der Waals surface area contributed by atoms with Gasteiger partial charge in [-0.1, -0.05) is 32.4 Å². The predicted octanol–water partition coefficient (Wildman–Crippen LogP) is 5.77. The first-order chi connectivity index (χ1) is 15.6. The molecule has 0 aliphatic rings. The number of aromatic nitrogens is 4. The number of benzene rings is 1. The molecular formula is C25H28ClFN6. The number of pyridine rings is 1. The molecule has 0 atom stereocenters. The Balaban J connectivity index is 1.88. The van der Waals surface area contributed by atoms with E-state index in [1.165, 1.54) is 12.1 Å². The molecule has 0 bridgehead atoms. The predicted molar refractivity (Wildman–Crippen MR) is 132 cm³/mol. The van der Waals surface area contributed by atoms with Gasteiger partial charge in [0.05, 0.1) is 16.4 Å². The van der Waals surface area contributed by atoms with Crippen LogP contribution in [0.5, 0.6) is 0 Å². The number of fused-ring (bicyclic) bond motifs is 1. The second-order valence-corrected chi connectivity index (χ2v) is 10.0. The van der Waals surface area contributed by atoms with E-state index in [2.05, 4.69) is 42.0 Å². The molecule has 1 aromatic carbocycles. The van der Waals surface area contributed by atoms with E-state index < -0.39 is 5.82 Å². The molecule has 3 aromatic heterocycles. The zero-order valence-electron chi connectivity index (χ0n) is 19.5. The van der Waals surface area contributed by atoms with Gasteiger partial charge >= 0.3 is 0 Å². The van der Waals surface area contributed by atoms with Gasteiger partial charge < -0.3 is 10.2 Å². The summed E-state index contributed by atoms with van der Waals surface area (Å²) in [4.78, 5) is 16.1. The number of hydrogen-bond acceptors (Lipinski definition) is 5. The highest BCUT2D eigenvalue weighted by Gasteiger charge is 2.20. The number of nitrogens with one attached hydrogen (secondary N) is 1. The summed E-state index contributed by atoms with van der Waals surface area (Å²) in [5.74, 6) is 0.149. The van der Waals surface area contributed by atoms with Crippen molar-refractivity contribution in [3.05, 3.63) is 65.2 Å². The van der Waals surface area contributed by atoms with Crippen LogP contribution in [0.15, 0.2) is 48.8 Å². The third-order valence-electron chi connectivity index (χ3n) is 5.05. The molecule has 0 unspecified atom stereocenters. The Labute approximate surface area is 198 Å². The Morgan fingerprint density at radius 1 is 1.09 bits per heavy atom. The van der Waals surface area contributed by atoms with Crippen molar-refractivity contribution in [3.8, 4) is 22.6 Å². The van der Waals surface area contributed by atoms with Crippen LogP contribution in [-0.4, -0.2) is 44.9 Å². The highest BCUT2D eigenvalue weighted by molar-refractivity contribution is 6.33. The molecule has 6 nitrogen and oxygen atoms in total. The van der Waals surface area contributed by atoms with Crippen molar-refractivity contribution in [2.24, 2.45) is 5.41 Å². The maximum absolute atomic E-state index is 13.8. The van der Waals surface area contributed by atoms with Gasteiger partial charge in [-0.05, 0) is 61.5 Å². The van der Waals surface area contributed by atoms with Crippen LogP contribution >= 0.6 is 11.6 Å². The third-order valence-corrected chi connectivity index (χ3v) is 5.36. The Kier molecular flexibility index (Phi) is 6.36. The van der Waals surface area contributed by atoms with Gasteiger partial charge in [-0.25, -0.2) is 19.3 Å². The second kappa shape index (κ2) is 9.08. The van der Waals surface area contributed by atoms with E-state index in [4.69, 9.17) is 21.6 Å². The molecule has 0 fully saturated rings. The Hall–Kier alpha value is -3.03. The summed E-state index contributed by atoms with van der Waals surface area (Å²) >= 11 is 6.44. The normalized spacial score (nSPS) is 12.0. The van der Waals surface area contributed by atoms with Crippen molar-refractivity contribution in [2.75, 3.05) is 26.0 Å². The smallest absolute Gasteiger partial charge is 0.223 e. The van der Waals surface area contributed by atoms with E-state index in [-0.39, 0.29) is 5.41 Å². The average Bonchev–Trinajstić information content (AvgIpc) is 3.10. The lowest BCUT2D eigenvalue weighted by molar-refractivity contribution is 0.402. The number of hydrogen-bond donors (Lipinski definition) is 1. The zero-order chi connectivity index (χ0) is 23.8. The number of anilines is 1. The van der Waals surface area contributed by atoms with Gasteiger partial charge in [0.15, 0.2) is 0 Å². The van der Waals surface area contributed by atoms with Gasteiger partial charge in [-0.3, -0.25) is 4.40 Å². The molecule has 0 saturated heterocycles. The third kappa shape index (κ3) is 5.31. The van der Waals surface area contributed by atoms with Crippen molar-refractivity contribution in [1.82, 2.24) is 24.3 Å². The Morgan fingerprint density at radius 2 is 1.88 bits per heavy atom. The first-order valence-electron chi connectivity index (χ1n) is 10.8. The summed E-state index contributed by atoms with van der Waals surface area (Å²) in [6.45, 7) is 7.96. The first kappa shape index (κ1) is 23.1. The van der Waals surface area contributed by atoms with Crippen LogP contribution in [-0.2, 0) is 6.54 Å². The molecule has 4 rings (SSSR count). The van der Waals surface area contributed by atoms with Crippen LogP contribution in [0.25, 0.3) is 28.3 Å². The van der Waals surface area contributed by atoms with E-state index in [0.29, 0.717) is 27.9 Å². The fraction of sp³-hybridized carbons (Fsp3) is 0.320. The van der Waals surface area contributed by atoms with Gasteiger partial charge in [0.2, 0.25) is 5.95 Å². The Bertz CT molecular complexity index is 1290. The molecule has 0 saturated carbocycles. The van der Waals surface area contributed by atoms with E-state index >= 15 is 0 Å². The number of halogens is 2.